The number of nitrogens with one attached hydrogen (secondary N) is 1. The van der Waals surface area contributed by atoms with Gasteiger partial charge in [-0.2, -0.15) is 0 Å². The first-order valence-corrected chi connectivity index (χ1v) is 7.08. The Kier molecular flexibility index (Phi) is 5.79. The molecule has 1 fully saturated rings. The summed E-state index contributed by atoms with van der Waals surface area (Å²) in [5.41, 5.74) is 0. The summed E-state index contributed by atoms with van der Waals surface area (Å²) in [4.78, 5) is 25.2. The second kappa shape index (κ2) is 6.88. The van der Waals surface area contributed by atoms with Crippen molar-refractivity contribution in [1.29, 1.82) is 0 Å². The Labute approximate surface area is 110 Å². The number of hydrogen-bond donors (Lipinski definition) is 1. The van der Waals surface area contributed by atoms with Gasteiger partial charge >= 0.3 is 0 Å². The number of carbonyl (C=O) groups is 2. The van der Waals surface area contributed by atoms with Crippen molar-refractivity contribution in [3.05, 3.63) is 0 Å². The highest BCUT2D eigenvalue weighted by Crippen LogP contribution is 2.20. The molecule has 1 aliphatic rings. The molecule has 1 aliphatic heterocycles. The predicted octanol–water partition coefficient (Wildman–Crippen LogP) is 1.80. The van der Waals surface area contributed by atoms with E-state index in [-0.39, 0.29) is 23.8 Å². The lowest BCUT2D eigenvalue weighted by Crippen LogP contribution is -2.47. The molecule has 0 spiro atoms. The van der Waals surface area contributed by atoms with Gasteiger partial charge < -0.3 is 5.32 Å². The van der Waals surface area contributed by atoms with Crippen molar-refractivity contribution in [1.82, 2.24) is 10.2 Å². The fourth-order valence-electron chi connectivity index (χ4n) is 2.30. The van der Waals surface area contributed by atoms with Gasteiger partial charge in [-0.3, -0.25) is 14.5 Å². The molecule has 1 rings (SSSR count). The minimum atomic E-state index is -0.138. The van der Waals surface area contributed by atoms with E-state index in [1.807, 2.05) is 6.92 Å². The van der Waals surface area contributed by atoms with Crippen LogP contribution in [0, 0.1) is 11.8 Å². The number of imide groups is 1. The highest BCUT2D eigenvalue weighted by molar-refractivity contribution is 6.03. The molecule has 0 radical (unpaired) electrons. The first-order valence-electron chi connectivity index (χ1n) is 7.08. The van der Waals surface area contributed by atoms with Crippen LogP contribution in [-0.2, 0) is 9.59 Å². The Hall–Kier alpha value is -0.900. The van der Waals surface area contributed by atoms with Crippen LogP contribution in [-0.4, -0.2) is 35.8 Å². The summed E-state index contributed by atoms with van der Waals surface area (Å²) in [5.74, 6) is 0.306. The van der Waals surface area contributed by atoms with Gasteiger partial charge in [0, 0.05) is 24.9 Å². The molecule has 0 aromatic rings. The topological polar surface area (TPSA) is 49.4 Å². The minimum absolute atomic E-state index is 0.00778. The number of nitrogens with zero attached hydrogens (tertiary/aromatic N) is 1. The van der Waals surface area contributed by atoms with Crippen molar-refractivity contribution >= 4 is 11.8 Å². The normalized spacial score (nSPS) is 23.6. The summed E-state index contributed by atoms with van der Waals surface area (Å²) in [6.07, 6.45) is 2.48. The monoisotopic (exact) mass is 254 g/mol. The number of rotatable bonds is 7. The van der Waals surface area contributed by atoms with E-state index in [0.717, 1.165) is 19.4 Å². The van der Waals surface area contributed by atoms with Crippen LogP contribution in [0.1, 0.15) is 47.0 Å². The molecular weight excluding hydrogens is 228 g/mol. The maximum Gasteiger partial charge on any atom is 0.232 e. The van der Waals surface area contributed by atoms with Gasteiger partial charge in [-0.1, -0.05) is 34.1 Å². The number of amides is 2. The van der Waals surface area contributed by atoms with Gasteiger partial charge in [0.15, 0.2) is 0 Å². The molecule has 0 aromatic heterocycles. The zero-order valence-electron chi connectivity index (χ0n) is 12.0. The summed E-state index contributed by atoms with van der Waals surface area (Å²) in [6, 6.07) is 0.216. The van der Waals surface area contributed by atoms with Crippen LogP contribution < -0.4 is 5.32 Å². The van der Waals surface area contributed by atoms with Gasteiger partial charge in [0.25, 0.3) is 0 Å². The molecule has 104 valence electrons. The fraction of sp³-hybridized carbons (Fsp3) is 0.857. The molecule has 1 N–H and O–H groups in total. The van der Waals surface area contributed by atoms with E-state index in [4.69, 9.17) is 0 Å². The summed E-state index contributed by atoms with van der Waals surface area (Å²) in [6.45, 7) is 9.72. The Balaban J connectivity index is 2.64. The molecular formula is C14H26N2O2. The standard InChI is InChI=1S/C14H26N2O2/c1-5-7-15-12(10(3)6-2)9-16-13(17)8-11(4)14(16)18/h10-12,15H,5-9H2,1-4H3. The molecule has 18 heavy (non-hydrogen) atoms. The van der Waals surface area contributed by atoms with E-state index in [9.17, 15) is 9.59 Å². The van der Waals surface area contributed by atoms with Crippen molar-refractivity contribution in [2.75, 3.05) is 13.1 Å². The molecule has 0 aromatic carbocycles. The zero-order valence-corrected chi connectivity index (χ0v) is 12.0. The molecule has 1 heterocycles. The van der Waals surface area contributed by atoms with Crippen LogP contribution in [0.25, 0.3) is 0 Å². The zero-order chi connectivity index (χ0) is 13.7. The Morgan fingerprint density at radius 2 is 2.06 bits per heavy atom. The molecule has 2 amide bonds. The lowest BCUT2D eigenvalue weighted by atomic mass is 9.98. The third-order valence-electron chi connectivity index (χ3n) is 3.84. The van der Waals surface area contributed by atoms with Crippen LogP contribution in [0.2, 0.25) is 0 Å². The third kappa shape index (κ3) is 3.55. The van der Waals surface area contributed by atoms with Crippen molar-refractivity contribution in [3.63, 3.8) is 0 Å². The summed E-state index contributed by atoms with van der Waals surface area (Å²) >= 11 is 0. The maximum atomic E-state index is 11.9. The second-order valence-electron chi connectivity index (χ2n) is 5.39. The van der Waals surface area contributed by atoms with Crippen molar-refractivity contribution in [2.45, 2.75) is 53.0 Å². The lowest BCUT2D eigenvalue weighted by Gasteiger charge is -2.28. The van der Waals surface area contributed by atoms with Crippen LogP contribution in [0.3, 0.4) is 0 Å². The van der Waals surface area contributed by atoms with E-state index in [0.29, 0.717) is 18.9 Å². The van der Waals surface area contributed by atoms with Gasteiger partial charge in [-0.15, -0.1) is 0 Å². The highest BCUT2D eigenvalue weighted by atomic mass is 16.2. The van der Waals surface area contributed by atoms with E-state index in [1.165, 1.54) is 4.90 Å². The smallest absolute Gasteiger partial charge is 0.232 e. The largest absolute Gasteiger partial charge is 0.312 e. The molecule has 0 saturated carbocycles. The minimum Gasteiger partial charge on any atom is -0.312 e. The maximum absolute atomic E-state index is 11.9. The molecule has 3 atom stereocenters. The molecule has 3 unspecified atom stereocenters. The van der Waals surface area contributed by atoms with Gasteiger partial charge in [0.05, 0.1) is 0 Å². The Morgan fingerprint density at radius 3 is 2.50 bits per heavy atom. The van der Waals surface area contributed by atoms with Crippen molar-refractivity contribution in [2.24, 2.45) is 11.8 Å². The van der Waals surface area contributed by atoms with Crippen LogP contribution >= 0.6 is 0 Å². The SMILES string of the molecule is CCCNC(CN1C(=O)CC(C)C1=O)C(C)CC. The summed E-state index contributed by atoms with van der Waals surface area (Å²) in [7, 11) is 0. The first kappa shape index (κ1) is 15.2. The van der Waals surface area contributed by atoms with E-state index in [2.05, 4.69) is 26.1 Å². The third-order valence-corrected chi connectivity index (χ3v) is 3.84. The molecule has 4 heteroatoms. The van der Waals surface area contributed by atoms with Crippen LogP contribution in [0.5, 0.6) is 0 Å². The predicted molar refractivity (Wildman–Crippen MR) is 72.0 cm³/mol. The van der Waals surface area contributed by atoms with Crippen LogP contribution in [0.4, 0.5) is 0 Å². The molecule has 4 nitrogen and oxygen atoms in total. The highest BCUT2D eigenvalue weighted by Gasteiger charge is 2.37. The van der Waals surface area contributed by atoms with Crippen LogP contribution in [0.15, 0.2) is 0 Å². The van der Waals surface area contributed by atoms with E-state index in [1.54, 1.807) is 0 Å². The van der Waals surface area contributed by atoms with Gasteiger partial charge in [0.2, 0.25) is 11.8 Å². The average Bonchev–Trinajstić information content (AvgIpc) is 2.59. The van der Waals surface area contributed by atoms with Gasteiger partial charge in [-0.05, 0) is 18.9 Å². The summed E-state index contributed by atoms with van der Waals surface area (Å²) in [5, 5.41) is 3.46. The Morgan fingerprint density at radius 1 is 1.39 bits per heavy atom. The quantitative estimate of drug-likeness (QED) is 0.705. The van der Waals surface area contributed by atoms with E-state index < -0.39 is 0 Å². The summed E-state index contributed by atoms with van der Waals surface area (Å²) < 4.78 is 0. The molecule has 0 bridgehead atoms. The number of likely N-dealkylation sites (tertiary alicyclic amines) is 1. The van der Waals surface area contributed by atoms with Crippen molar-refractivity contribution < 1.29 is 9.59 Å². The fourth-order valence-corrected chi connectivity index (χ4v) is 2.30. The average molecular weight is 254 g/mol. The lowest BCUT2D eigenvalue weighted by molar-refractivity contribution is -0.139. The second-order valence-corrected chi connectivity index (χ2v) is 5.39. The van der Waals surface area contributed by atoms with Crippen molar-refractivity contribution in [3.8, 4) is 0 Å². The first-order chi connectivity index (χ1) is 8.51. The number of hydrogen-bond acceptors (Lipinski definition) is 3. The Bertz CT molecular complexity index is 304. The molecule has 0 aliphatic carbocycles. The molecule has 1 saturated heterocycles. The van der Waals surface area contributed by atoms with Gasteiger partial charge in [-0.25, -0.2) is 0 Å². The van der Waals surface area contributed by atoms with E-state index >= 15 is 0 Å². The van der Waals surface area contributed by atoms with Gasteiger partial charge in [0.1, 0.15) is 0 Å². The number of carbonyl (C=O) groups excluding carboxylic acids is 2.